The quantitative estimate of drug-likeness (QED) is 0.796. The van der Waals surface area contributed by atoms with Crippen LogP contribution in [0.5, 0.6) is 0 Å². The van der Waals surface area contributed by atoms with Gasteiger partial charge in [0.1, 0.15) is 6.10 Å². The highest BCUT2D eigenvalue weighted by atomic mass is 79.9. The van der Waals surface area contributed by atoms with Crippen LogP contribution >= 0.6 is 27.3 Å². The molecule has 10 heavy (non-hydrogen) atoms. The van der Waals surface area contributed by atoms with Gasteiger partial charge in [-0.2, -0.15) is 0 Å². The van der Waals surface area contributed by atoms with E-state index in [1.807, 2.05) is 11.4 Å². The Labute approximate surface area is 71.8 Å². The van der Waals surface area contributed by atoms with Crippen molar-refractivity contribution in [3.8, 4) is 0 Å². The maximum atomic E-state index is 9.25. The third-order valence-corrected chi connectivity index (χ3v) is 3.14. The topological polar surface area (TPSA) is 46.2 Å². The summed E-state index contributed by atoms with van der Waals surface area (Å²) in [6.07, 6.45) is -0.519. The van der Waals surface area contributed by atoms with Crippen LogP contribution in [0.2, 0.25) is 0 Å². The molecule has 2 nitrogen and oxygen atoms in total. The van der Waals surface area contributed by atoms with Gasteiger partial charge >= 0.3 is 0 Å². The summed E-state index contributed by atoms with van der Waals surface area (Å²) in [7, 11) is 0. The Hall–Kier alpha value is 0.100. The van der Waals surface area contributed by atoms with Crippen molar-refractivity contribution in [2.24, 2.45) is 5.73 Å². The van der Waals surface area contributed by atoms with Crippen molar-refractivity contribution in [1.29, 1.82) is 0 Å². The molecule has 0 bridgehead atoms. The largest absolute Gasteiger partial charge is 0.386 e. The third kappa shape index (κ3) is 1.58. The van der Waals surface area contributed by atoms with Crippen LogP contribution in [0.4, 0.5) is 0 Å². The van der Waals surface area contributed by atoms with E-state index in [0.29, 0.717) is 0 Å². The molecule has 0 fully saturated rings. The molecule has 0 aliphatic heterocycles. The second-order valence-electron chi connectivity index (χ2n) is 1.88. The summed E-state index contributed by atoms with van der Waals surface area (Å²) in [5, 5.41) is 11.2. The van der Waals surface area contributed by atoms with Gasteiger partial charge in [0.25, 0.3) is 0 Å². The Morgan fingerprint density at radius 2 is 2.50 bits per heavy atom. The zero-order valence-corrected chi connectivity index (χ0v) is 7.65. The molecule has 1 heterocycles. The van der Waals surface area contributed by atoms with Crippen molar-refractivity contribution >= 4 is 27.3 Å². The summed E-state index contributed by atoms with van der Waals surface area (Å²) in [6, 6.07) is 1.90. The van der Waals surface area contributed by atoms with E-state index in [4.69, 9.17) is 5.73 Å². The van der Waals surface area contributed by atoms with Gasteiger partial charge in [0.15, 0.2) is 0 Å². The van der Waals surface area contributed by atoms with E-state index in [9.17, 15) is 5.11 Å². The van der Waals surface area contributed by atoms with Crippen molar-refractivity contribution in [3.63, 3.8) is 0 Å². The number of aliphatic hydroxyl groups is 1. The fourth-order valence-electron chi connectivity index (χ4n) is 0.650. The minimum absolute atomic E-state index is 0.277. The van der Waals surface area contributed by atoms with E-state index in [1.165, 1.54) is 11.3 Å². The first-order valence-corrected chi connectivity index (χ1v) is 4.54. The average molecular weight is 222 g/mol. The lowest BCUT2D eigenvalue weighted by atomic mass is 10.3. The Balaban J connectivity index is 2.82. The van der Waals surface area contributed by atoms with Gasteiger partial charge in [-0.3, -0.25) is 0 Å². The molecule has 1 aromatic rings. The van der Waals surface area contributed by atoms with Gasteiger partial charge in [-0.15, -0.1) is 11.3 Å². The molecule has 0 saturated heterocycles. The van der Waals surface area contributed by atoms with Gasteiger partial charge in [-0.05, 0) is 27.4 Å². The van der Waals surface area contributed by atoms with Crippen LogP contribution in [0.25, 0.3) is 0 Å². The molecular weight excluding hydrogens is 214 g/mol. The molecule has 1 rings (SSSR count). The number of hydrogen-bond donors (Lipinski definition) is 2. The van der Waals surface area contributed by atoms with Gasteiger partial charge in [0.05, 0.1) is 0 Å². The first-order valence-electron chi connectivity index (χ1n) is 2.86. The fraction of sp³-hybridized carbons (Fsp3) is 0.333. The van der Waals surface area contributed by atoms with Gasteiger partial charge < -0.3 is 10.8 Å². The van der Waals surface area contributed by atoms with Crippen LogP contribution in [-0.4, -0.2) is 11.7 Å². The molecule has 4 heteroatoms. The highest BCUT2D eigenvalue weighted by molar-refractivity contribution is 9.10. The Kier molecular flexibility index (Phi) is 2.85. The monoisotopic (exact) mass is 221 g/mol. The summed E-state index contributed by atoms with van der Waals surface area (Å²) in [6.45, 7) is 0.277. The molecule has 0 radical (unpaired) electrons. The average Bonchev–Trinajstić information content (AvgIpc) is 2.34. The standard InChI is InChI=1S/C6H8BrNOS/c7-4-1-2-10-6(4)5(9)3-8/h1-2,5,9H,3,8H2. The number of rotatable bonds is 2. The van der Waals surface area contributed by atoms with Gasteiger partial charge in [0.2, 0.25) is 0 Å². The summed E-state index contributed by atoms with van der Waals surface area (Å²) < 4.78 is 0.940. The molecule has 0 aliphatic carbocycles. The van der Waals surface area contributed by atoms with Crippen molar-refractivity contribution in [2.45, 2.75) is 6.10 Å². The number of nitrogens with two attached hydrogens (primary N) is 1. The second-order valence-corrected chi connectivity index (χ2v) is 3.69. The summed E-state index contributed by atoms with van der Waals surface area (Å²) in [4.78, 5) is 0.905. The maximum Gasteiger partial charge on any atom is 0.101 e. The summed E-state index contributed by atoms with van der Waals surface area (Å²) in [5.74, 6) is 0. The van der Waals surface area contributed by atoms with Crippen LogP contribution in [0.15, 0.2) is 15.9 Å². The van der Waals surface area contributed by atoms with Crippen LogP contribution in [0.1, 0.15) is 11.0 Å². The molecule has 1 unspecified atom stereocenters. The van der Waals surface area contributed by atoms with Gasteiger partial charge in [-0.25, -0.2) is 0 Å². The van der Waals surface area contributed by atoms with E-state index >= 15 is 0 Å². The third-order valence-electron chi connectivity index (χ3n) is 1.17. The second kappa shape index (κ2) is 3.48. The zero-order valence-electron chi connectivity index (χ0n) is 5.25. The van der Waals surface area contributed by atoms with E-state index in [0.717, 1.165) is 9.35 Å². The Morgan fingerprint density at radius 1 is 1.80 bits per heavy atom. The minimum atomic E-state index is -0.519. The molecule has 0 aromatic carbocycles. The lowest BCUT2D eigenvalue weighted by molar-refractivity contribution is 0.190. The zero-order chi connectivity index (χ0) is 7.56. The molecule has 1 aromatic heterocycles. The lowest BCUT2D eigenvalue weighted by Gasteiger charge is -2.03. The molecular formula is C6H8BrNOS. The number of aliphatic hydroxyl groups excluding tert-OH is 1. The molecule has 0 amide bonds. The Bertz CT molecular complexity index is 213. The van der Waals surface area contributed by atoms with Crippen LogP contribution in [0.3, 0.4) is 0 Å². The van der Waals surface area contributed by atoms with Crippen molar-refractivity contribution in [1.82, 2.24) is 0 Å². The normalized spacial score (nSPS) is 13.5. The highest BCUT2D eigenvalue weighted by Crippen LogP contribution is 2.27. The van der Waals surface area contributed by atoms with Crippen LogP contribution in [-0.2, 0) is 0 Å². The van der Waals surface area contributed by atoms with E-state index in [1.54, 1.807) is 0 Å². The summed E-state index contributed by atoms with van der Waals surface area (Å²) in [5.41, 5.74) is 5.27. The highest BCUT2D eigenvalue weighted by Gasteiger charge is 2.09. The summed E-state index contributed by atoms with van der Waals surface area (Å²) >= 11 is 4.81. The Morgan fingerprint density at radius 3 is 2.90 bits per heavy atom. The van der Waals surface area contributed by atoms with Crippen LogP contribution in [0, 0.1) is 0 Å². The van der Waals surface area contributed by atoms with Crippen molar-refractivity contribution in [3.05, 3.63) is 20.8 Å². The van der Waals surface area contributed by atoms with E-state index in [2.05, 4.69) is 15.9 Å². The molecule has 0 saturated carbocycles. The first-order chi connectivity index (χ1) is 4.75. The van der Waals surface area contributed by atoms with Gasteiger partial charge in [-0.1, -0.05) is 0 Å². The predicted octanol–water partition coefficient (Wildman–Crippen LogP) is 1.50. The number of halogens is 1. The molecule has 56 valence electrons. The number of hydrogen-bond acceptors (Lipinski definition) is 3. The minimum Gasteiger partial charge on any atom is -0.386 e. The molecule has 3 N–H and O–H groups in total. The smallest absolute Gasteiger partial charge is 0.101 e. The van der Waals surface area contributed by atoms with Crippen LogP contribution < -0.4 is 5.73 Å². The fourth-order valence-corrected chi connectivity index (χ4v) is 2.29. The van der Waals surface area contributed by atoms with E-state index in [-0.39, 0.29) is 6.54 Å². The molecule has 0 aliphatic rings. The first kappa shape index (κ1) is 8.20. The molecule has 1 atom stereocenters. The van der Waals surface area contributed by atoms with Gasteiger partial charge in [0, 0.05) is 15.9 Å². The predicted molar refractivity (Wildman–Crippen MR) is 46.0 cm³/mol. The molecule has 0 spiro atoms. The SMILES string of the molecule is NCC(O)c1sccc1Br. The van der Waals surface area contributed by atoms with E-state index < -0.39 is 6.10 Å². The maximum absolute atomic E-state index is 9.25. The lowest BCUT2D eigenvalue weighted by Crippen LogP contribution is -2.10. The van der Waals surface area contributed by atoms with Crippen molar-refractivity contribution in [2.75, 3.05) is 6.54 Å². The van der Waals surface area contributed by atoms with Crippen molar-refractivity contribution < 1.29 is 5.11 Å². The number of thiophene rings is 1.